The lowest BCUT2D eigenvalue weighted by Gasteiger charge is -2.28. The van der Waals surface area contributed by atoms with E-state index in [4.69, 9.17) is 5.73 Å². The van der Waals surface area contributed by atoms with Crippen LogP contribution in [0, 0.1) is 5.92 Å². The highest BCUT2D eigenvalue weighted by Gasteiger charge is 2.21. The van der Waals surface area contributed by atoms with Crippen LogP contribution in [0.25, 0.3) is 0 Å². The van der Waals surface area contributed by atoms with Gasteiger partial charge in [0, 0.05) is 12.6 Å². The summed E-state index contributed by atoms with van der Waals surface area (Å²) in [6.45, 7) is 0.941. The summed E-state index contributed by atoms with van der Waals surface area (Å²) in [5.41, 5.74) is 7.79. The number of hydrogen-bond donors (Lipinski definition) is 2. The van der Waals surface area contributed by atoms with Crippen molar-refractivity contribution in [3.05, 3.63) is 5.51 Å². The van der Waals surface area contributed by atoms with Crippen LogP contribution in [0.4, 0.5) is 5.13 Å². The van der Waals surface area contributed by atoms with E-state index >= 15 is 0 Å². The van der Waals surface area contributed by atoms with Crippen molar-refractivity contribution in [3.63, 3.8) is 0 Å². The number of aromatic nitrogens is 2. The van der Waals surface area contributed by atoms with Gasteiger partial charge >= 0.3 is 0 Å². The van der Waals surface area contributed by atoms with Crippen LogP contribution in [0.2, 0.25) is 0 Å². The average Bonchev–Trinajstić information content (AvgIpc) is 2.69. The Balaban J connectivity index is 1.79. The molecule has 78 valence electrons. The standard InChI is InChI=1S/C9H16N4S/c10-8-4-2-1-3-7(8)5-11-9-13-12-6-14-9/h6-8H,1-5,10H2,(H,11,13). The van der Waals surface area contributed by atoms with Gasteiger partial charge in [-0.2, -0.15) is 0 Å². The minimum atomic E-state index is 0.365. The lowest BCUT2D eigenvalue weighted by molar-refractivity contribution is 0.321. The van der Waals surface area contributed by atoms with Gasteiger partial charge in [0.2, 0.25) is 5.13 Å². The highest BCUT2D eigenvalue weighted by Crippen LogP contribution is 2.23. The van der Waals surface area contributed by atoms with E-state index in [1.54, 1.807) is 5.51 Å². The fraction of sp³-hybridized carbons (Fsp3) is 0.778. The van der Waals surface area contributed by atoms with Crippen LogP contribution in [0.5, 0.6) is 0 Å². The molecule has 14 heavy (non-hydrogen) atoms. The van der Waals surface area contributed by atoms with Crippen molar-refractivity contribution in [1.29, 1.82) is 0 Å². The van der Waals surface area contributed by atoms with Gasteiger partial charge in [0.25, 0.3) is 0 Å². The third-order valence-corrected chi connectivity index (χ3v) is 3.49. The van der Waals surface area contributed by atoms with E-state index in [0.717, 1.165) is 11.7 Å². The van der Waals surface area contributed by atoms with Gasteiger partial charge < -0.3 is 11.1 Å². The smallest absolute Gasteiger partial charge is 0.205 e. The van der Waals surface area contributed by atoms with Gasteiger partial charge in [-0.25, -0.2) is 0 Å². The number of rotatable bonds is 3. The summed E-state index contributed by atoms with van der Waals surface area (Å²) in [6.07, 6.45) is 5.02. The highest BCUT2D eigenvalue weighted by molar-refractivity contribution is 7.13. The van der Waals surface area contributed by atoms with Gasteiger partial charge in [-0.3, -0.25) is 0 Å². The molecular formula is C9H16N4S. The van der Waals surface area contributed by atoms with E-state index in [2.05, 4.69) is 15.5 Å². The Labute approximate surface area is 87.9 Å². The quantitative estimate of drug-likeness (QED) is 0.796. The number of hydrogen-bond acceptors (Lipinski definition) is 5. The molecule has 0 radical (unpaired) electrons. The minimum Gasteiger partial charge on any atom is -0.360 e. The molecule has 0 aromatic carbocycles. The first-order valence-corrected chi connectivity index (χ1v) is 6.00. The Bertz CT molecular complexity index is 262. The number of nitrogens with zero attached hydrogens (tertiary/aromatic N) is 2. The van der Waals surface area contributed by atoms with E-state index < -0.39 is 0 Å². The molecule has 0 aliphatic heterocycles. The Morgan fingerprint density at radius 1 is 1.50 bits per heavy atom. The molecule has 3 N–H and O–H groups in total. The normalized spacial score (nSPS) is 27.5. The third-order valence-electron chi connectivity index (χ3n) is 2.84. The maximum atomic E-state index is 6.05. The van der Waals surface area contributed by atoms with E-state index in [1.807, 2.05) is 0 Å². The summed E-state index contributed by atoms with van der Waals surface area (Å²) in [5.74, 6) is 0.604. The molecule has 5 heteroatoms. The molecule has 4 nitrogen and oxygen atoms in total. The maximum Gasteiger partial charge on any atom is 0.205 e. The SMILES string of the molecule is NC1CCCCC1CNc1nncs1. The van der Waals surface area contributed by atoms with E-state index in [1.165, 1.54) is 37.0 Å². The van der Waals surface area contributed by atoms with Gasteiger partial charge in [0.1, 0.15) is 5.51 Å². The van der Waals surface area contributed by atoms with Crippen LogP contribution in [0.1, 0.15) is 25.7 Å². The number of nitrogens with one attached hydrogen (secondary N) is 1. The van der Waals surface area contributed by atoms with Crippen LogP contribution in [-0.4, -0.2) is 22.8 Å². The van der Waals surface area contributed by atoms with Crippen LogP contribution in [-0.2, 0) is 0 Å². The monoisotopic (exact) mass is 212 g/mol. The van der Waals surface area contributed by atoms with E-state index in [9.17, 15) is 0 Å². The maximum absolute atomic E-state index is 6.05. The van der Waals surface area contributed by atoms with Crippen molar-refractivity contribution in [1.82, 2.24) is 10.2 Å². The zero-order valence-corrected chi connectivity index (χ0v) is 8.96. The van der Waals surface area contributed by atoms with Gasteiger partial charge in [-0.05, 0) is 18.8 Å². The Morgan fingerprint density at radius 3 is 3.07 bits per heavy atom. The van der Waals surface area contributed by atoms with Crippen molar-refractivity contribution in [2.75, 3.05) is 11.9 Å². The number of nitrogens with two attached hydrogens (primary N) is 1. The molecule has 1 aliphatic carbocycles. The van der Waals surface area contributed by atoms with Gasteiger partial charge in [0.05, 0.1) is 0 Å². The molecule has 1 heterocycles. The molecule has 0 bridgehead atoms. The van der Waals surface area contributed by atoms with Crippen molar-refractivity contribution in [2.24, 2.45) is 11.7 Å². The second-order valence-electron chi connectivity index (χ2n) is 3.83. The first-order chi connectivity index (χ1) is 6.86. The predicted molar refractivity (Wildman–Crippen MR) is 58.3 cm³/mol. The molecule has 0 saturated heterocycles. The molecule has 2 rings (SSSR count). The van der Waals surface area contributed by atoms with Crippen molar-refractivity contribution < 1.29 is 0 Å². The van der Waals surface area contributed by atoms with Crippen LogP contribution in [0.15, 0.2) is 5.51 Å². The summed E-state index contributed by atoms with van der Waals surface area (Å²) < 4.78 is 0. The topological polar surface area (TPSA) is 63.8 Å². The molecule has 1 saturated carbocycles. The molecule has 1 aromatic heterocycles. The van der Waals surface area contributed by atoms with Crippen LogP contribution >= 0.6 is 11.3 Å². The lowest BCUT2D eigenvalue weighted by atomic mass is 9.85. The second-order valence-corrected chi connectivity index (χ2v) is 4.67. The molecule has 2 atom stereocenters. The summed E-state index contributed by atoms with van der Waals surface area (Å²) >= 11 is 1.54. The van der Waals surface area contributed by atoms with Gasteiger partial charge in [-0.1, -0.05) is 24.2 Å². The largest absolute Gasteiger partial charge is 0.360 e. The molecule has 0 spiro atoms. The lowest BCUT2D eigenvalue weighted by Crippen LogP contribution is -2.37. The third kappa shape index (κ3) is 2.42. The molecule has 1 fully saturated rings. The molecule has 2 unspecified atom stereocenters. The molecule has 0 amide bonds. The van der Waals surface area contributed by atoms with E-state index in [-0.39, 0.29) is 0 Å². The molecule has 1 aromatic rings. The zero-order valence-electron chi connectivity index (χ0n) is 8.15. The average molecular weight is 212 g/mol. The highest BCUT2D eigenvalue weighted by atomic mass is 32.1. The van der Waals surface area contributed by atoms with Crippen LogP contribution < -0.4 is 11.1 Å². The summed E-state index contributed by atoms with van der Waals surface area (Å²) in [5, 5.41) is 11.9. The van der Waals surface area contributed by atoms with Gasteiger partial charge in [-0.15, -0.1) is 10.2 Å². The van der Waals surface area contributed by atoms with Crippen LogP contribution in [0.3, 0.4) is 0 Å². The summed E-state index contributed by atoms with van der Waals surface area (Å²) in [7, 11) is 0. The first-order valence-electron chi connectivity index (χ1n) is 5.12. The van der Waals surface area contributed by atoms with E-state index in [0.29, 0.717) is 12.0 Å². The fourth-order valence-corrected chi connectivity index (χ4v) is 2.41. The Kier molecular flexibility index (Phi) is 3.31. The van der Waals surface area contributed by atoms with Crippen molar-refractivity contribution >= 4 is 16.5 Å². The fourth-order valence-electron chi connectivity index (χ4n) is 1.96. The first kappa shape index (κ1) is 9.86. The second kappa shape index (κ2) is 4.70. The van der Waals surface area contributed by atoms with Crippen molar-refractivity contribution in [2.45, 2.75) is 31.7 Å². The summed E-state index contributed by atoms with van der Waals surface area (Å²) in [6, 6.07) is 0.365. The number of anilines is 1. The Hall–Kier alpha value is -0.680. The minimum absolute atomic E-state index is 0.365. The van der Waals surface area contributed by atoms with Gasteiger partial charge in [0.15, 0.2) is 0 Å². The Morgan fingerprint density at radius 2 is 2.36 bits per heavy atom. The summed E-state index contributed by atoms with van der Waals surface area (Å²) in [4.78, 5) is 0. The predicted octanol–water partition coefficient (Wildman–Crippen LogP) is 1.47. The molecular weight excluding hydrogens is 196 g/mol. The zero-order chi connectivity index (χ0) is 9.80. The molecule has 1 aliphatic rings. The van der Waals surface area contributed by atoms with Crippen molar-refractivity contribution in [3.8, 4) is 0 Å².